The van der Waals surface area contributed by atoms with Crippen LogP contribution in [0.15, 0.2) is 30.4 Å². The molecule has 2 N–H and O–H groups in total. The molecule has 0 amide bonds. The fraction of sp³-hybridized carbons (Fsp3) is 0.571. The van der Waals surface area contributed by atoms with Crippen LogP contribution in [0, 0.1) is 11.8 Å². The van der Waals surface area contributed by atoms with Gasteiger partial charge in [0, 0.05) is 27.8 Å². The molecule has 2 rings (SSSR count). The van der Waals surface area contributed by atoms with Gasteiger partial charge in [-0.25, -0.2) is 0 Å². The molecule has 1 aromatic rings. The molecule has 0 heterocycles. The van der Waals surface area contributed by atoms with Gasteiger partial charge in [0.25, 0.3) is 0 Å². The van der Waals surface area contributed by atoms with Crippen LogP contribution in [-0.4, -0.2) is 47.5 Å². The minimum atomic E-state index is -0.521. The number of rotatable bonds is 11. The number of esters is 1. The second kappa shape index (κ2) is 12.7. The number of unbranched alkanes of at least 4 members (excludes halogenated alkanes) is 1. The Kier molecular flexibility index (Phi) is 10.6. The van der Waals surface area contributed by atoms with Crippen LogP contribution < -0.4 is 4.74 Å². The molecular weight excluding hydrogens is 439 g/mol. The average molecular weight is 466 g/mol. The van der Waals surface area contributed by atoms with Gasteiger partial charge in [0.2, 0.25) is 0 Å². The molecule has 0 aliphatic heterocycles. The van der Waals surface area contributed by atoms with E-state index in [1.165, 1.54) is 0 Å². The van der Waals surface area contributed by atoms with E-state index < -0.39 is 6.10 Å². The standard InChI is InChI=1S/C21H27Cl3O5/c22-14-9-15(23)11-16(10-14)29-13-18-17(19(24)12-20(18)26)5-3-1-2-4-6-21(27)28-8-7-25/h1,3,9-11,17-20,25-26H,2,4-8,12-13H2/b3-1-/t17-,18-,19+,20-/m1/s1. The second-order valence-electron chi connectivity index (χ2n) is 7.11. The quantitative estimate of drug-likeness (QED) is 0.216. The van der Waals surface area contributed by atoms with Gasteiger partial charge in [-0.3, -0.25) is 4.79 Å². The van der Waals surface area contributed by atoms with Gasteiger partial charge in [-0.2, -0.15) is 0 Å². The highest BCUT2D eigenvalue weighted by Crippen LogP contribution is 2.39. The molecule has 162 valence electrons. The lowest BCUT2D eigenvalue weighted by Crippen LogP contribution is -2.27. The normalized spacial score (nSPS) is 24.2. The number of aliphatic hydroxyl groups is 2. The van der Waals surface area contributed by atoms with Crippen molar-refractivity contribution in [3.8, 4) is 5.75 Å². The van der Waals surface area contributed by atoms with Gasteiger partial charge in [-0.05, 0) is 49.8 Å². The zero-order valence-corrected chi connectivity index (χ0v) is 18.4. The zero-order chi connectivity index (χ0) is 21.2. The minimum absolute atomic E-state index is 0.0423. The number of hydrogen-bond donors (Lipinski definition) is 2. The lowest BCUT2D eigenvalue weighted by molar-refractivity contribution is -0.144. The number of ether oxygens (including phenoxy) is 2. The Morgan fingerprint density at radius 3 is 2.59 bits per heavy atom. The molecule has 1 saturated carbocycles. The Hall–Kier alpha value is -0.980. The van der Waals surface area contributed by atoms with Gasteiger partial charge in [0.05, 0.1) is 19.3 Å². The van der Waals surface area contributed by atoms with Gasteiger partial charge < -0.3 is 19.7 Å². The molecule has 5 nitrogen and oxygen atoms in total. The van der Waals surface area contributed by atoms with Crippen molar-refractivity contribution >= 4 is 40.8 Å². The molecule has 1 aromatic carbocycles. The van der Waals surface area contributed by atoms with E-state index in [1.54, 1.807) is 18.2 Å². The summed E-state index contributed by atoms with van der Waals surface area (Å²) in [5.74, 6) is 0.265. The Labute approximate surface area is 186 Å². The number of halogens is 3. The minimum Gasteiger partial charge on any atom is -0.493 e. The van der Waals surface area contributed by atoms with Crippen LogP contribution in [0.3, 0.4) is 0 Å². The SMILES string of the molecule is O=C(CCC/C=C\C[C@@H]1[C@@H](COc2cc(Cl)cc(Cl)c2)[C@H](O)C[C@@H]1Cl)OCCO. The van der Waals surface area contributed by atoms with Gasteiger partial charge in [-0.1, -0.05) is 35.4 Å². The summed E-state index contributed by atoms with van der Waals surface area (Å²) < 4.78 is 10.6. The maximum atomic E-state index is 11.4. The van der Waals surface area contributed by atoms with E-state index in [2.05, 4.69) is 0 Å². The number of benzene rings is 1. The number of hydrogen-bond acceptors (Lipinski definition) is 5. The molecule has 0 aromatic heterocycles. The summed E-state index contributed by atoms with van der Waals surface area (Å²) in [6.07, 6.45) is 6.54. The number of alkyl halides is 1. The van der Waals surface area contributed by atoms with Gasteiger partial charge in [0.15, 0.2) is 0 Å². The number of carbonyl (C=O) groups excluding carboxylic acids is 1. The van der Waals surface area contributed by atoms with Gasteiger partial charge in [0.1, 0.15) is 12.4 Å². The fourth-order valence-electron chi connectivity index (χ4n) is 3.46. The Morgan fingerprint density at radius 1 is 1.17 bits per heavy atom. The monoisotopic (exact) mass is 464 g/mol. The maximum Gasteiger partial charge on any atom is 0.305 e. The first-order valence-electron chi connectivity index (χ1n) is 9.73. The summed E-state index contributed by atoms with van der Waals surface area (Å²) >= 11 is 18.5. The van der Waals surface area contributed by atoms with Crippen molar-refractivity contribution in [2.45, 2.75) is 43.6 Å². The number of carbonyl (C=O) groups is 1. The Morgan fingerprint density at radius 2 is 1.90 bits per heavy atom. The predicted molar refractivity (Wildman–Crippen MR) is 115 cm³/mol. The van der Waals surface area contributed by atoms with E-state index >= 15 is 0 Å². The third kappa shape index (κ3) is 8.35. The lowest BCUT2D eigenvalue weighted by atomic mass is 9.92. The fourth-order valence-corrected chi connectivity index (χ4v) is 4.44. The van der Waals surface area contributed by atoms with Crippen molar-refractivity contribution in [3.05, 3.63) is 40.4 Å². The molecule has 0 bridgehead atoms. The third-order valence-corrected chi connectivity index (χ3v) is 5.87. The first-order valence-corrected chi connectivity index (χ1v) is 10.9. The van der Waals surface area contributed by atoms with Crippen LogP contribution in [0.1, 0.15) is 32.1 Å². The Balaban J connectivity index is 1.79. The van der Waals surface area contributed by atoms with Crippen LogP contribution in [0.2, 0.25) is 10.0 Å². The smallest absolute Gasteiger partial charge is 0.305 e. The third-order valence-electron chi connectivity index (χ3n) is 4.93. The maximum absolute atomic E-state index is 11.4. The van der Waals surface area contributed by atoms with Crippen LogP contribution in [0.25, 0.3) is 0 Å². The van der Waals surface area contributed by atoms with Crippen LogP contribution >= 0.6 is 34.8 Å². The molecule has 4 atom stereocenters. The van der Waals surface area contributed by atoms with Crippen LogP contribution in [0.4, 0.5) is 0 Å². The zero-order valence-electron chi connectivity index (χ0n) is 16.1. The molecule has 0 saturated heterocycles. The van der Waals surface area contributed by atoms with Crippen LogP contribution in [-0.2, 0) is 9.53 Å². The van der Waals surface area contributed by atoms with Crippen molar-refractivity contribution in [2.24, 2.45) is 11.8 Å². The van der Waals surface area contributed by atoms with E-state index in [4.69, 9.17) is 49.4 Å². The second-order valence-corrected chi connectivity index (χ2v) is 8.54. The topological polar surface area (TPSA) is 76.0 Å². The van der Waals surface area contributed by atoms with Crippen molar-refractivity contribution in [1.82, 2.24) is 0 Å². The van der Waals surface area contributed by atoms with E-state index in [0.29, 0.717) is 41.7 Å². The van der Waals surface area contributed by atoms with Crippen molar-refractivity contribution in [1.29, 1.82) is 0 Å². The van der Waals surface area contributed by atoms with Crippen molar-refractivity contribution < 1.29 is 24.5 Å². The molecule has 0 spiro atoms. The molecule has 1 aliphatic carbocycles. The van der Waals surface area contributed by atoms with Gasteiger partial charge in [-0.15, -0.1) is 11.6 Å². The summed E-state index contributed by atoms with van der Waals surface area (Å²) in [6.45, 7) is 0.213. The molecule has 29 heavy (non-hydrogen) atoms. The van der Waals surface area contributed by atoms with Crippen LogP contribution in [0.5, 0.6) is 5.75 Å². The Bertz CT molecular complexity index is 662. The summed E-state index contributed by atoms with van der Waals surface area (Å²) in [4.78, 5) is 11.4. The summed E-state index contributed by atoms with van der Waals surface area (Å²) in [7, 11) is 0. The number of aliphatic hydroxyl groups excluding tert-OH is 2. The van der Waals surface area contributed by atoms with E-state index in [1.807, 2.05) is 12.2 Å². The highest BCUT2D eigenvalue weighted by molar-refractivity contribution is 6.34. The highest BCUT2D eigenvalue weighted by atomic mass is 35.5. The van der Waals surface area contributed by atoms with E-state index in [0.717, 1.165) is 12.8 Å². The highest BCUT2D eigenvalue weighted by Gasteiger charge is 2.41. The first kappa shape index (κ1) is 24.3. The summed E-state index contributed by atoms with van der Waals surface area (Å²) in [5.41, 5.74) is 0. The molecule has 1 aliphatic rings. The summed E-state index contributed by atoms with van der Waals surface area (Å²) in [5, 5.41) is 19.9. The number of allylic oxidation sites excluding steroid dienone is 2. The lowest BCUT2D eigenvalue weighted by Gasteiger charge is -2.22. The largest absolute Gasteiger partial charge is 0.493 e. The molecule has 1 fully saturated rings. The first-order chi connectivity index (χ1) is 13.9. The molecule has 0 unspecified atom stereocenters. The van der Waals surface area contributed by atoms with E-state index in [9.17, 15) is 9.90 Å². The average Bonchev–Trinajstić information content (AvgIpc) is 2.93. The predicted octanol–water partition coefficient (Wildman–Crippen LogP) is 4.63. The molecular formula is C21H27Cl3O5. The van der Waals surface area contributed by atoms with E-state index in [-0.39, 0.29) is 36.4 Å². The summed E-state index contributed by atoms with van der Waals surface area (Å²) in [6, 6.07) is 5.01. The molecule has 0 radical (unpaired) electrons. The molecule has 8 heteroatoms. The van der Waals surface area contributed by atoms with Gasteiger partial charge >= 0.3 is 5.97 Å². The van der Waals surface area contributed by atoms with Crippen molar-refractivity contribution in [2.75, 3.05) is 19.8 Å². The van der Waals surface area contributed by atoms with Crippen molar-refractivity contribution in [3.63, 3.8) is 0 Å².